The summed E-state index contributed by atoms with van der Waals surface area (Å²) in [7, 11) is 0. The lowest BCUT2D eigenvalue weighted by Gasteiger charge is -2.45. The van der Waals surface area contributed by atoms with Crippen molar-refractivity contribution < 1.29 is 64.3 Å². The number of aliphatic hydroxyl groups excluding tert-OH is 5. The molecule has 14 nitrogen and oxygen atoms in total. The van der Waals surface area contributed by atoms with Gasteiger partial charge in [-0.1, -0.05) is 61.6 Å². The average Bonchev–Trinajstić information content (AvgIpc) is 3.00. The molecule has 49 heavy (non-hydrogen) atoms. The van der Waals surface area contributed by atoms with E-state index in [2.05, 4.69) is 0 Å². The number of allylic oxidation sites excluding steroid dienone is 6. The Labute approximate surface area is 286 Å². The molecule has 2 fully saturated rings. The zero-order valence-electron chi connectivity index (χ0n) is 28.2. The van der Waals surface area contributed by atoms with Crippen LogP contribution in [0.3, 0.4) is 0 Å². The van der Waals surface area contributed by atoms with E-state index in [-0.39, 0.29) is 25.2 Å². The molecule has 2 saturated heterocycles. The lowest BCUT2D eigenvalue weighted by Crippen LogP contribution is -2.61. The van der Waals surface area contributed by atoms with Gasteiger partial charge in [0.15, 0.2) is 12.1 Å². The number of hydrogen-bond donors (Lipinski definition) is 8. The van der Waals surface area contributed by atoms with Crippen LogP contribution in [0.5, 0.6) is 0 Å². The van der Waals surface area contributed by atoms with E-state index in [0.29, 0.717) is 0 Å². The van der Waals surface area contributed by atoms with Crippen molar-refractivity contribution in [3.63, 3.8) is 0 Å². The highest BCUT2D eigenvalue weighted by Gasteiger charge is 2.50. The SMILES string of the molecule is CC[C@H]1/C=C/C=C/C=C/C=C/[C@H](O[C@H]2O[C@@H](C)[C@H](O)[C@@H](N)[C@@H]2O)C[C@H]2O[C@](O)(C[C@@H](O)C[C@H](O)C/C=C/C(=O)O[C@@H]1C)C[C@@H](O)[C@@H]2C(=O)O. The number of carbonyl (C=O) groups excluding carboxylic acids is 1. The van der Waals surface area contributed by atoms with E-state index in [1.165, 1.54) is 12.2 Å². The minimum atomic E-state index is -2.18. The van der Waals surface area contributed by atoms with Gasteiger partial charge in [-0.05, 0) is 33.1 Å². The van der Waals surface area contributed by atoms with E-state index < -0.39 is 104 Å². The number of fused-ring (bicyclic) bond motifs is 2. The number of hydrogen-bond acceptors (Lipinski definition) is 13. The summed E-state index contributed by atoms with van der Waals surface area (Å²) in [6, 6.07) is -1.09. The quantitative estimate of drug-likeness (QED) is 0.189. The molecule has 0 unspecified atom stereocenters. The zero-order valence-corrected chi connectivity index (χ0v) is 28.2. The zero-order chi connectivity index (χ0) is 36.3. The highest BCUT2D eigenvalue weighted by Crippen LogP contribution is 2.38. The van der Waals surface area contributed by atoms with E-state index in [1.807, 2.05) is 19.1 Å². The van der Waals surface area contributed by atoms with Gasteiger partial charge in [0.1, 0.15) is 18.1 Å². The number of carboxylic acids is 1. The molecule has 14 atom stereocenters. The average molecular weight is 696 g/mol. The summed E-state index contributed by atoms with van der Waals surface area (Å²) in [6.45, 7) is 5.32. The fraction of sp³-hybridized carbons (Fsp3) is 0.657. The second kappa shape index (κ2) is 19.0. The molecule has 0 amide bonds. The van der Waals surface area contributed by atoms with Crippen LogP contribution in [-0.4, -0.2) is 121 Å². The number of aliphatic hydroxyl groups is 6. The van der Waals surface area contributed by atoms with Gasteiger partial charge < -0.3 is 60.4 Å². The summed E-state index contributed by atoms with van der Waals surface area (Å²) in [5.41, 5.74) is 5.98. The summed E-state index contributed by atoms with van der Waals surface area (Å²) in [4.78, 5) is 24.6. The fourth-order valence-corrected chi connectivity index (χ4v) is 6.29. The van der Waals surface area contributed by atoms with Crippen molar-refractivity contribution in [2.24, 2.45) is 17.6 Å². The van der Waals surface area contributed by atoms with Gasteiger partial charge in [0.25, 0.3) is 0 Å². The van der Waals surface area contributed by atoms with Crippen LogP contribution in [0.4, 0.5) is 0 Å². The van der Waals surface area contributed by atoms with Gasteiger partial charge >= 0.3 is 11.9 Å². The van der Waals surface area contributed by atoms with Gasteiger partial charge in [-0.15, -0.1) is 0 Å². The molecule has 0 aliphatic carbocycles. The second-order valence-corrected chi connectivity index (χ2v) is 13.1. The standard InChI is InChI=1S/C35H53NO13/c1-4-22-12-9-7-5-6-8-10-14-25(48-34-32(42)30(36)31(41)21(3)47-34)17-27-29(33(43)44)26(39)19-35(45,49-27)18-24(38)16-23(37)13-11-15-28(40)46-20(22)2/h5-12,14-15,20-27,29-32,34,37-39,41-42,45H,4,13,16-19,36H2,1-3H3,(H,43,44)/b7-5+,8-6+,12-9+,14-10+,15-11+/t20-,21+,22+,23-,24+,25+,26-,27-,29+,30-,31+,32+,34-,35-/m1/s1. The van der Waals surface area contributed by atoms with Crippen LogP contribution in [0.1, 0.15) is 59.3 Å². The van der Waals surface area contributed by atoms with E-state index in [9.17, 15) is 45.3 Å². The summed E-state index contributed by atoms with van der Waals surface area (Å²) in [6.07, 6.45) is 4.26. The highest BCUT2D eigenvalue weighted by atomic mass is 16.7. The van der Waals surface area contributed by atoms with Crippen molar-refractivity contribution in [3.8, 4) is 0 Å². The molecular formula is C35H53NO13. The maximum atomic E-state index is 12.3. The Bertz CT molecular complexity index is 1220. The minimum absolute atomic E-state index is 0.00132. The van der Waals surface area contributed by atoms with Gasteiger partial charge in [-0.25, -0.2) is 4.79 Å². The van der Waals surface area contributed by atoms with Crippen LogP contribution in [0.25, 0.3) is 0 Å². The molecule has 3 aliphatic rings. The summed E-state index contributed by atoms with van der Waals surface area (Å²) in [5.74, 6) is -5.69. The predicted octanol–water partition coefficient (Wildman–Crippen LogP) is 0.739. The van der Waals surface area contributed by atoms with Crippen LogP contribution in [0, 0.1) is 11.8 Å². The summed E-state index contributed by atoms with van der Waals surface area (Å²) in [5, 5.41) is 74.4. The van der Waals surface area contributed by atoms with E-state index in [1.54, 1.807) is 50.3 Å². The Morgan fingerprint density at radius 3 is 2.24 bits per heavy atom. The molecule has 3 heterocycles. The Balaban J connectivity index is 1.93. The van der Waals surface area contributed by atoms with Gasteiger partial charge in [0.05, 0.1) is 48.8 Å². The first-order valence-electron chi connectivity index (χ1n) is 16.8. The van der Waals surface area contributed by atoms with Gasteiger partial charge in [-0.3, -0.25) is 4.79 Å². The lowest BCUT2D eigenvalue weighted by atomic mass is 9.83. The van der Waals surface area contributed by atoms with Crippen LogP contribution in [0.2, 0.25) is 0 Å². The number of cyclic esters (lactones) is 1. The number of rotatable bonds is 4. The largest absolute Gasteiger partial charge is 0.481 e. The number of carboxylic acid groups (broad SMARTS) is 1. The molecule has 3 aliphatic heterocycles. The Hall–Kier alpha value is -2.76. The van der Waals surface area contributed by atoms with Crippen LogP contribution < -0.4 is 5.73 Å². The first-order valence-corrected chi connectivity index (χ1v) is 16.8. The topological polar surface area (TPSA) is 239 Å². The Morgan fingerprint density at radius 1 is 0.939 bits per heavy atom. The molecule has 0 spiro atoms. The molecule has 9 N–H and O–H groups in total. The first kappa shape index (κ1) is 40.7. The molecular weight excluding hydrogens is 642 g/mol. The Morgan fingerprint density at radius 2 is 1.59 bits per heavy atom. The smallest absolute Gasteiger partial charge is 0.330 e. The number of aliphatic carboxylic acids is 1. The van der Waals surface area contributed by atoms with E-state index in [0.717, 1.165) is 6.42 Å². The third-order valence-corrected chi connectivity index (χ3v) is 9.05. The first-order chi connectivity index (χ1) is 23.1. The lowest BCUT2D eigenvalue weighted by molar-refractivity contribution is -0.308. The number of carbonyl (C=O) groups is 2. The fourth-order valence-electron chi connectivity index (χ4n) is 6.29. The number of nitrogens with two attached hydrogens (primary N) is 1. The van der Waals surface area contributed by atoms with E-state index in [4.69, 9.17) is 24.7 Å². The molecule has 0 aromatic heterocycles. The Kier molecular flexibility index (Phi) is 15.8. The van der Waals surface area contributed by atoms with Crippen molar-refractivity contribution >= 4 is 11.9 Å². The van der Waals surface area contributed by atoms with Crippen LogP contribution in [0.15, 0.2) is 60.8 Å². The molecule has 3 rings (SSSR count). The minimum Gasteiger partial charge on any atom is -0.481 e. The monoisotopic (exact) mass is 695 g/mol. The maximum Gasteiger partial charge on any atom is 0.330 e. The molecule has 0 aromatic rings. The molecule has 0 saturated carbocycles. The van der Waals surface area contributed by atoms with Crippen LogP contribution in [-0.2, 0) is 28.5 Å². The van der Waals surface area contributed by atoms with Crippen molar-refractivity contribution in [2.45, 2.75) is 132 Å². The molecule has 14 heteroatoms. The summed E-state index contributed by atoms with van der Waals surface area (Å²) >= 11 is 0. The highest BCUT2D eigenvalue weighted by molar-refractivity contribution is 5.82. The van der Waals surface area contributed by atoms with Gasteiger partial charge in [-0.2, -0.15) is 0 Å². The normalized spacial score (nSPS) is 45.2. The second-order valence-electron chi connectivity index (χ2n) is 13.1. The summed E-state index contributed by atoms with van der Waals surface area (Å²) < 4.78 is 23.1. The van der Waals surface area contributed by atoms with Crippen molar-refractivity contribution in [3.05, 3.63) is 60.8 Å². The predicted molar refractivity (Wildman–Crippen MR) is 176 cm³/mol. The maximum absolute atomic E-state index is 12.3. The molecule has 276 valence electrons. The van der Waals surface area contributed by atoms with Gasteiger partial charge in [0.2, 0.25) is 0 Å². The van der Waals surface area contributed by atoms with Gasteiger partial charge in [0, 0.05) is 31.3 Å². The molecule has 0 aromatic carbocycles. The van der Waals surface area contributed by atoms with Crippen LogP contribution >= 0.6 is 0 Å². The molecule has 0 radical (unpaired) electrons. The third-order valence-electron chi connectivity index (χ3n) is 9.05. The number of ether oxygens (including phenoxy) is 4. The van der Waals surface area contributed by atoms with Crippen molar-refractivity contribution in [1.29, 1.82) is 0 Å². The van der Waals surface area contributed by atoms with Crippen molar-refractivity contribution in [2.75, 3.05) is 0 Å². The third kappa shape index (κ3) is 12.2. The van der Waals surface area contributed by atoms with Crippen molar-refractivity contribution in [1.82, 2.24) is 0 Å². The number of esters is 1. The molecule has 2 bridgehead atoms. The van der Waals surface area contributed by atoms with E-state index >= 15 is 0 Å².